The molecule has 0 aromatic rings. The summed E-state index contributed by atoms with van der Waals surface area (Å²) in [4.78, 5) is 0. The van der Waals surface area contributed by atoms with Gasteiger partial charge in [0, 0.05) is 0 Å². The summed E-state index contributed by atoms with van der Waals surface area (Å²) in [6, 6.07) is 0. The van der Waals surface area contributed by atoms with E-state index in [1.165, 1.54) is 51.4 Å². The minimum Gasteiger partial charge on any atom is -0.372 e. The van der Waals surface area contributed by atoms with Crippen molar-refractivity contribution >= 4 is 0 Å². The predicted molar refractivity (Wildman–Crippen MR) is 73.2 cm³/mol. The van der Waals surface area contributed by atoms with Gasteiger partial charge in [0.1, 0.15) is 0 Å². The summed E-state index contributed by atoms with van der Waals surface area (Å²) >= 11 is 0. The van der Waals surface area contributed by atoms with Crippen LogP contribution in [0.3, 0.4) is 0 Å². The average Bonchev–Trinajstić information content (AvgIpc) is 2.27. The smallest absolute Gasteiger partial charge is 0.0684 e. The maximum atomic E-state index is 5.93. The first-order valence-corrected chi connectivity index (χ1v) is 7.34. The topological polar surface area (TPSA) is 9.23 Å². The first-order chi connectivity index (χ1) is 7.99. The van der Waals surface area contributed by atoms with Crippen LogP contribution in [0.5, 0.6) is 0 Å². The van der Waals surface area contributed by atoms with Crippen LogP contribution in [0.15, 0.2) is 11.6 Å². The highest BCUT2D eigenvalue weighted by molar-refractivity contribution is 5.15. The highest BCUT2D eigenvalue weighted by Gasteiger charge is 2.32. The van der Waals surface area contributed by atoms with Gasteiger partial charge in [0.05, 0.1) is 12.2 Å². The summed E-state index contributed by atoms with van der Waals surface area (Å²) < 4.78 is 5.93. The van der Waals surface area contributed by atoms with Crippen molar-refractivity contribution in [1.29, 1.82) is 0 Å². The Labute approximate surface area is 107 Å². The molecule has 0 amide bonds. The zero-order chi connectivity index (χ0) is 12.4. The van der Waals surface area contributed by atoms with E-state index >= 15 is 0 Å². The van der Waals surface area contributed by atoms with E-state index in [1.54, 1.807) is 5.57 Å². The van der Waals surface area contributed by atoms with Gasteiger partial charge in [-0.2, -0.15) is 0 Å². The molecule has 1 fully saturated rings. The van der Waals surface area contributed by atoms with Crippen molar-refractivity contribution in [3.63, 3.8) is 0 Å². The van der Waals surface area contributed by atoms with E-state index in [9.17, 15) is 0 Å². The van der Waals surface area contributed by atoms with Gasteiger partial charge in [-0.15, -0.1) is 0 Å². The van der Waals surface area contributed by atoms with Crippen LogP contribution in [0.4, 0.5) is 0 Å². The van der Waals surface area contributed by atoms with Crippen LogP contribution in [0.2, 0.25) is 0 Å². The molecule has 2 aliphatic rings. The van der Waals surface area contributed by atoms with Gasteiger partial charge in [0.2, 0.25) is 0 Å². The van der Waals surface area contributed by atoms with Gasteiger partial charge in [0.15, 0.2) is 0 Å². The van der Waals surface area contributed by atoms with Gasteiger partial charge in [-0.05, 0) is 63.9 Å². The summed E-state index contributed by atoms with van der Waals surface area (Å²) in [7, 11) is 0. The molecule has 17 heavy (non-hydrogen) atoms. The van der Waals surface area contributed by atoms with E-state index in [4.69, 9.17) is 4.74 Å². The Morgan fingerprint density at radius 2 is 1.71 bits per heavy atom. The van der Waals surface area contributed by atoms with Crippen LogP contribution < -0.4 is 0 Å². The molecule has 1 heteroatoms. The highest BCUT2D eigenvalue weighted by atomic mass is 16.5. The Kier molecular flexibility index (Phi) is 3.97. The first kappa shape index (κ1) is 13.1. The SMILES string of the molecule is CC(C)(C)OCC1=CC2(CCCCC2)CCC1. The number of allylic oxidation sites excluding steroid dienone is 1. The Morgan fingerprint density at radius 1 is 1.06 bits per heavy atom. The largest absolute Gasteiger partial charge is 0.372 e. The number of rotatable bonds is 2. The van der Waals surface area contributed by atoms with Crippen molar-refractivity contribution in [1.82, 2.24) is 0 Å². The Bertz CT molecular complexity index is 276. The Balaban J connectivity index is 1.97. The number of hydrogen-bond acceptors (Lipinski definition) is 1. The van der Waals surface area contributed by atoms with E-state index in [0.29, 0.717) is 5.41 Å². The molecule has 1 spiro atoms. The lowest BCUT2D eigenvalue weighted by atomic mass is 9.67. The molecule has 0 aromatic heterocycles. The lowest BCUT2D eigenvalue weighted by Gasteiger charge is -2.39. The Hall–Kier alpha value is -0.300. The van der Waals surface area contributed by atoms with Crippen molar-refractivity contribution in [2.24, 2.45) is 5.41 Å². The monoisotopic (exact) mass is 236 g/mol. The third kappa shape index (κ3) is 3.84. The molecule has 0 unspecified atom stereocenters. The predicted octanol–water partition coefficient (Wildman–Crippen LogP) is 4.86. The third-order valence-corrected chi connectivity index (χ3v) is 4.22. The van der Waals surface area contributed by atoms with Crippen LogP contribution in [0.1, 0.15) is 72.1 Å². The molecule has 0 aliphatic heterocycles. The van der Waals surface area contributed by atoms with Crippen LogP contribution in [0.25, 0.3) is 0 Å². The molecule has 2 rings (SSSR count). The van der Waals surface area contributed by atoms with Gasteiger partial charge in [0.25, 0.3) is 0 Å². The second-order valence-electron chi connectivity index (χ2n) is 6.98. The molecular weight excluding hydrogens is 208 g/mol. The van der Waals surface area contributed by atoms with E-state index in [2.05, 4.69) is 26.8 Å². The first-order valence-electron chi connectivity index (χ1n) is 7.34. The standard InChI is InChI=1S/C16H28O/c1-15(2,3)17-13-14-8-7-11-16(12-14)9-5-4-6-10-16/h12H,4-11,13H2,1-3H3. The van der Waals surface area contributed by atoms with Crippen LogP contribution >= 0.6 is 0 Å². The fourth-order valence-corrected chi connectivity index (χ4v) is 3.32. The fourth-order valence-electron chi connectivity index (χ4n) is 3.32. The summed E-state index contributed by atoms with van der Waals surface area (Å²) in [5.41, 5.74) is 2.12. The molecule has 0 heterocycles. The van der Waals surface area contributed by atoms with Gasteiger partial charge in [-0.25, -0.2) is 0 Å². The zero-order valence-corrected chi connectivity index (χ0v) is 11.8. The lowest BCUT2D eigenvalue weighted by molar-refractivity contribution is 0.00843. The van der Waals surface area contributed by atoms with Crippen LogP contribution in [-0.2, 0) is 4.74 Å². The maximum absolute atomic E-state index is 5.93. The lowest BCUT2D eigenvalue weighted by Crippen LogP contribution is -2.27. The minimum atomic E-state index is -0.00197. The van der Waals surface area contributed by atoms with Gasteiger partial charge >= 0.3 is 0 Å². The summed E-state index contributed by atoms with van der Waals surface area (Å²) in [5, 5.41) is 0. The summed E-state index contributed by atoms with van der Waals surface area (Å²) in [6.07, 6.45) is 13.8. The molecule has 1 saturated carbocycles. The third-order valence-electron chi connectivity index (χ3n) is 4.22. The quantitative estimate of drug-likeness (QED) is 0.622. The Morgan fingerprint density at radius 3 is 2.35 bits per heavy atom. The maximum Gasteiger partial charge on any atom is 0.0684 e. The van der Waals surface area contributed by atoms with Crippen molar-refractivity contribution in [2.75, 3.05) is 6.61 Å². The number of ether oxygens (including phenoxy) is 1. The molecule has 0 saturated heterocycles. The molecule has 0 aromatic carbocycles. The molecule has 0 atom stereocenters. The molecule has 98 valence electrons. The second-order valence-corrected chi connectivity index (χ2v) is 6.98. The van der Waals surface area contributed by atoms with Crippen molar-refractivity contribution in [2.45, 2.75) is 77.7 Å². The fraction of sp³-hybridized carbons (Fsp3) is 0.875. The van der Waals surface area contributed by atoms with Crippen LogP contribution in [0, 0.1) is 5.41 Å². The van der Waals surface area contributed by atoms with E-state index in [0.717, 1.165) is 6.61 Å². The van der Waals surface area contributed by atoms with Crippen molar-refractivity contribution < 1.29 is 4.74 Å². The zero-order valence-electron chi connectivity index (χ0n) is 11.8. The van der Waals surface area contributed by atoms with Crippen LogP contribution in [-0.4, -0.2) is 12.2 Å². The molecule has 1 nitrogen and oxygen atoms in total. The highest BCUT2D eigenvalue weighted by Crippen LogP contribution is 2.45. The molecule has 0 radical (unpaired) electrons. The molecule has 0 bridgehead atoms. The van der Waals surface area contributed by atoms with E-state index < -0.39 is 0 Å². The van der Waals surface area contributed by atoms with E-state index in [-0.39, 0.29) is 5.60 Å². The summed E-state index contributed by atoms with van der Waals surface area (Å²) in [5.74, 6) is 0. The van der Waals surface area contributed by atoms with Crippen molar-refractivity contribution in [3.8, 4) is 0 Å². The second kappa shape index (κ2) is 5.14. The van der Waals surface area contributed by atoms with Crippen molar-refractivity contribution in [3.05, 3.63) is 11.6 Å². The normalized spacial score (nSPS) is 24.8. The average molecular weight is 236 g/mol. The summed E-state index contributed by atoms with van der Waals surface area (Å²) in [6.45, 7) is 7.29. The van der Waals surface area contributed by atoms with Gasteiger partial charge in [-0.1, -0.05) is 25.3 Å². The molecular formula is C16H28O. The van der Waals surface area contributed by atoms with E-state index in [1.807, 2.05) is 0 Å². The minimum absolute atomic E-state index is 0.00197. The van der Waals surface area contributed by atoms with Gasteiger partial charge < -0.3 is 4.74 Å². The van der Waals surface area contributed by atoms with Gasteiger partial charge in [-0.3, -0.25) is 0 Å². The number of hydrogen-bond donors (Lipinski definition) is 0. The molecule has 2 aliphatic carbocycles. The molecule has 0 N–H and O–H groups in total.